The van der Waals surface area contributed by atoms with Gasteiger partial charge in [-0.1, -0.05) is 38.3 Å². The number of carboxylic acid groups (broad SMARTS) is 1. The van der Waals surface area contributed by atoms with Crippen molar-refractivity contribution in [2.45, 2.75) is 63.9 Å². The third-order valence-corrected chi connectivity index (χ3v) is 4.40. The minimum absolute atomic E-state index is 0.263. The SMILES string of the molecule is CC(C)(Oc1ccc(C2(C)CCCCC2)cc1)C(=O)O. The zero-order chi connectivity index (χ0) is 14.8. The van der Waals surface area contributed by atoms with Crippen LogP contribution in [0.1, 0.15) is 58.4 Å². The van der Waals surface area contributed by atoms with Gasteiger partial charge in [0.15, 0.2) is 5.60 Å². The minimum atomic E-state index is -1.20. The average Bonchev–Trinajstić information content (AvgIpc) is 2.39. The van der Waals surface area contributed by atoms with Crippen molar-refractivity contribution in [2.24, 2.45) is 0 Å². The Hall–Kier alpha value is -1.51. The van der Waals surface area contributed by atoms with Gasteiger partial charge >= 0.3 is 5.97 Å². The molecule has 0 unspecified atom stereocenters. The molecule has 3 nitrogen and oxygen atoms in total. The molecule has 0 bridgehead atoms. The van der Waals surface area contributed by atoms with Crippen LogP contribution in [0.4, 0.5) is 0 Å². The third kappa shape index (κ3) is 3.14. The van der Waals surface area contributed by atoms with Gasteiger partial charge in [-0.05, 0) is 49.8 Å². The summed E-state index contributed by atoms with van der Waals surface area (Å²) in [6, 6.07) is 7.94. The molecule has 0 aliphatic heterocycles. The molecule has 1 saturated carbocycles. The molecule has 0 heterocycles. The summed E-state index contributed by atoms with van der Waals surface area (Å²) in [7, 11) is 0. The van der Waals surface area contributed by atoms with Gasteiger partial charge in [-0.2, -0.15) is 0 Å². The van der Waals surface area contributed by atoms with Crippen LogP contribution in [0, 0.1) is 0 Å². The highest BCUT2D eigenvalue weighted by Gasteiger charge is 2.31. The Balaban J connectivity index is 2.12. The molecule has 1 aromatic rings. The van der Waals surface area contributed by atoms with E-state index in [2.05, 4.69) is 19.1 Å². The highest BCUT2D eigenvalue weighted by atomic mass is 16.5. The number of carbonyl (C=O) groups is 1. The first-order valence-electron chi connectivity index (χ1n) is 7.36. The van der Waals surface area contributed by atoms with Crippen molar-refractivity contribution in [3.8, 4) is 5.75 Å². The predicted molar refractivity (Wildman–Crippen MR) is 79.2 cm³/mol. The van der Waals surface area contributed by atoms with Crippen LogP contribution < -0.4 is 4.74 Å². The number of benzene rings is 1. The Bertz CT molecular complexity index is 468. The maximum Gasteiger partial charge on any atom is 0.347 e. The van der Waals surface area contributed by atoms with Crippen molar-refractivity contribution in [2.75, 3.05) is 0 Å². The molecule has 1 aliphatic rings. The van der Waals surface area contributed by atoms with Gasteiger partial charge in [0.2, 0.25) is 0 Å². The van der Waals surface area contributed by atoms with Gasteiger partial charge in [-0.3, -0.25) is 0 Å². The van der Waals surface area contributed by atoms with E-state index in [1.54, 1.807) is 13.8 Å². The van der Waals surface area contributed by atoms with E-state index < -0.39 is 11.6 Å². The second-order valence-corrected chi connectivity index (χ2v) is 6.56. The largest absolute Gasteiger partial charge is 0.478 e. The number of rotatable bonds is 4. The summed E-state index contributed by atoms with van der Waals surface area (Å²) >= 11 is 0. The zero-order valence-electron chi connectivity index (χ0n) is 12.6. The van der Waals surface area contributed by atoms with E-state index in [0.717, 1.165) is 0 Å². The summed E-state index contributed by atoms with van der Waals surface area (Å²) in [5, 5.41) is 9.08. The maximum absolute atomic E-state index is 11.1. The molecule has 1 aromatic carbocycles. The van der Waals surface area contributed by atoms with Gasteiger partial charge in [0.05, 0.1) is 0 Å². The van der Waals surface area contributed by atoms with Gasteiger partial charge in [0.1, 0.15) is 5.75 Å². The summed E-state index contributed by atoms with van der Waals surface area (Å²) in [5.41, 5.74) is 0.396. The van der Waals surface area contributed by atoms with Crippen LogP contribution in [0.2, 0.25) is 0 Å². The highest BCUT2D eigenvalue weighted by molar-refractivity contribution is 5.76. The molecular formula is C17H24O3. The molecule has 0 spiro atoms. The molecule has 20 heavy (non-hydrogen) atoms. The lowest BCUT2D eigenvalue weighted by Crippen LogP contribution is -2.37. The molecule has 110 valence electrons. The van der Waals surface area contributed by atoms with Gasteiger partial charge in [0, 0.05) is 0 Å². The smallest absolute Gasteiger partial charge is 0.347 e. The van der Waals surface area contributed by atoms with E-state index in [1.807, 2.05) is 12.1 Å². The fraction of sp³-hybridized carbons (Fsp3) is 0.588. The van der Waals surface area contributed by atoms with Gasteiger partial charge in [0.25, 0.3) is 0 Å². The van der Waals surface area contributed by atoms with Crippen LogP contribution in [0.25, 0.3) is 0 Å². The van der Waals surface area contributed by atoms with Crippen molar-refractivity contribution >= 4 is 5.97 Å². The minimum Gasteiger partial charge on any atom is -0.478 e. The fourth-order valence-corrected chi connectivity index (χ4v) is 2.88. The molecule has 0 saturated heterocycles. The summed E-state index contributed by atoms with van der Waals surface area (Å²) in [4.78, 5) is 11.1. The van der Waals surface area contributed by atoms with Crippen LogP contribution in [0.15, 0.2) is 24.3 Å². The Morgan fingerprint density at radius 1 is 1.15 bits per heavy atom. The van der Waals surface area contributed by atoms with E-state index in [1.165, 1.54) is 37.7 Å². The topological polar surface area (TPSA) is 46.5 Å². The van der Waals surface area contributed by atoms with Crippen LogP contribution in [0.3, 0.4) is 0 Å². The van der Waals surface area contributed by atoms with Crippen LogP contribution >= 0.6 is 0 Å². The number of hydrogen-bond acceptors (Lipinski definition) is 2. The van der Waals surface area contributed by atoms with Crippen LogP contribution in [0.5, 0.6) is 5.75 Å². The Labute approximate surface area is 121 Å². The number of hydrogen-bond donors (Lipinski definition) is 1. The first-order chi connectivity index (χ1) is 9.33. The highest BCUT2D eigenvalue weighted by Crippen LogP contribution is 2.39. The molecule has 1 N–H and O–H groups in total. The Morgan fingerprint density at radius 2 is 1.70 bits per heavy atom. The molecule has 0 amide bonds. The Morgan fingerprint density at radius 3 is 2.20 bits per heavy atom. The summed E-state index contributed by atoms with van der Waals surface area (Å²) in [6.07, 6.45) is 6.38. The van der Waals surface area contributed by atoms with Crippen molar-refractivity contribution < 1.29 is 14.6 Å². The van der Waals surface area contributed by atoms with E-state index in [-0.39, 0.29) is 5.41 Å². The Kier molecular flexibility index (Phi) is 4.07. The van der Waals surface area contributed by atoms with Crippen molar-refractivity contribution in [3.63, 3.8) is 0 Å². The van der Waals surface area contributed by atoms with E-state index >= 15 is 0 Å². The molecule has 0 aromatic heterocycles. The summed E-state index contributed by atoms with van der Waals surface area (Å²) < 4.78 is 5.54. The van der Waals surface area contributed by atoms with Crippen molar-refractivity contribution in [1.82, 2.24) is 0 Å². The van der Waals surface area contributed by atoms with E-state index in [9.17, 15) is 4.79 Å². The lowest BCUT2D eigenvalue weighted by atomic mass is 9.71. The first kappa shape index (κ1) is 14.9. The first-order valence-corrected chi connectivity index (χ1v) is 7.36. The van der Waals surface area contributed by atoms with Gasteiger partial charge < -0.3 is 9.84 Å². The molecule has 0 atom stereocenters. The monoisotopic (exact) mass is 276 g/mol. The normalized spacial score (nSPS) is 18.6. The maximum atomic E-state index is 11.1. The number of carboxylic acids is 1. The predicted octanol–water partition coefficient (Wildman–Crippen LogP) is 4.15. The standard InChI is InChI=1S/C17H24O3/c1-16(2,15(18)19)20-14-9-7-13(8-10-14)17(3)11-5-4-6-12-17/h7-10H,4-6,11-12H2,1-3H3,(H,18,19). The van der Waals surface area contributed by atoms with Gasteiger partial charge in [-0.25, -0.2) is 4.79 Å². The summed E-state index contributed by atoms with van der Waals surface area (Å²) in [6.45, 7) is 5.45. The summed E-state index contributed by atoms with van der Waals surface area (Å²) in [5.74, 6) is -0.346. The van der Waals surface area contributed by atoms with Crippen LogP contribution in [-0.2, 0) is 10.2 Å². The van der Waals surface area contributed by atoms with E-state index in [0.29, 0.717) is 5.75 Å². The van der Waals surface area contributed by atoms with Crippen molar-refractivity contribution in [3.05, 3.63) is 29.8 Å². The number of aliphatic carboxylic acids is 1. The second kappa shape index (κ2) is 5.47. The fourth-order valence-electron chi connectivity index (χ4n) is 2.88. The molecular weight excluding hydrogens is 252 g/mol. The third-order valence-electron chi connectivity index (χ3n) is 4.40. The van der Waals surface area contributed by atoms with Gasteiger partial charge in [-0.15, -0.1) is 0 Å². The molecule has 1 aliphatic carbocycles. The molecule has 1 fully saturated rings. The molecule has 2 rings (SSSR count). The zero-order valence-corrected chi connectivity index (χ0v) is 12.6. The lowest BCUT2D eigenvalue weighted by molar-refractivity contribution is -0.152. The quantitative estimate of drug-likeness (QED) is 0.898. The average molecular weight is 276 g/mol. The number of ether oxygens (including phenoxy) is 1. The van der Waals surface area contributed by atoms with E-state index in [4.69, 9.17) is 9.84 Å². The molecule has 0 radical (unpaired) electrons. The second-order valence-electron chi connectivity index (χ2n) is 6.56. The van der Waals surface area contributed by atoms with Crippen molar-refractivity contribution in [1.29, 1.82) is 0 Å². The molecule has 3 heteroatoms. The van der Waals surface area contributed by atoms with Crippen LogP contribution in [-0.4, -0.2) is 16.7 Å². The lowest BCUT2D eigenvalue weighted by Gasteiger charge is -2.34.